The number of aromatic carboxylic acids is 1. The Morgan fingerprint density at radius 1 is 1.55 bits per heavy atom. The van der Waals surface area contributed by atoms with Crippen LogP contribution in [0.2, 0.25) is 0 Å². The molecule has 1 aliphatic carbocycles. The summed E-state index contributed by atoms with van der Waals surface area (Å²) < 4.78 is 1.67. The number of imidazole rings is 1. The summed E-state index contributed by atoms with van der Waals surface area (Å²) in [6, 6.07) is 0.390. The van der Waals surface area contributed by atoms with Gasteiger partial charge in [0.25, 0.3) is 0 Å². The smallest absolute Gasteiger partial charge is 0.356 e. The second-order valence-electron chi connectivity index (χ2n) is 5.68. The van der Waals surface area contributed by atoms with Gasteiger partial charge in [0.1, 0.15) is 0 Å². The fraction of sp³-hybridized carbons (Fsp3) is 0.571. The standard InChI is InChI=1S/C14H19N3O2S/c1-9-4-3-5-10(8-9)16(2)12-11(13(18)19)17-6-7-20-14(17)15-12/h6-7,9-10H,3-5,8H2,1-2H3,(H,18,19). The molecule has 0 amide bonds. The fourth-order valence-electron chi connectivity index (χ4n) is 3.15. The van der Waals surface area contributed by atoms with Crippen LogP contribution >= 0.6 is 11.3 Å². The van der Waals surface area contributed by atoms with Crippen molar-refractivity contribution >= 4 is 28.1 Å². The Balaban J connectivity index is 1.98. The summed E-state index contributed by atoms with van der Waals surface area (Å²) in [4.78, 5) is 18.9. The minimum atomic E-state index is -0.915. The highest BCUT2D eigenvalue weighted by Crippen LogP contribution is 2.32. The number of anilines is 1. The van der Waals surface area contributed by atoms with Crippen LogP contribution in [0.3, 0.4) is 0 Å². The molecule has 5 nitrogen and oxygen atoms in total. The molecule has 0 bridgehead atoms. The first-order valence-corrected chi connectivity index (χ1v) is 7.87. The summed E-state index contributed by atoms with van der Waals surface area (Å²) in [5.74, 6) is 0.387. The summed E-state index contributed by atoms with van der Waals surface area (Å²) in [7, 11) is 1.97. The van der Waals surface area contributed by atoms with Gasteiger partial charge in [0.15, 0.2) is 16.5 Å². The molecule has 2 aromatic heterocycles. The largest absolute Gasteiger partial charge is 0.476 e. The lowest BCUT2D eigenvalue weighted by atomic mass is 9.86. The Labute approximate surface area is 121 Å². The first-order chi connectivity index (χ1) is 9.58. The molecule has 0 radical (unpaired) electrons. The van der Waals surface area contributed by atoms with Crippen molar-refractivity contribution in [2.24, 2.45) is 5.92 Å². The van der Waals surface area contributed by atoms with E-state index in [0.29, 0.717) is 17.8 Å². The number of aromatic nitrogens is 2. The van der Waals surface area contributed by atoms with Crippen LogP contribution in [0, 0.1) is 5.92 Å². The van der Waals surface area contributed by atoms with Crippen LogP contribution in [0.4, 0.5) is 5.82 Å². The second kappa shape index (κ2) is 5.09. The third-order valence-corrected chi connectivity index (χ3v) is 4.99. The zero-order valence-corrected chi connectivity index (χ0v) is 12.6. The van der Waals surface area contributed by atoms with E-state index >= 15 is 0 Å². The molecule has 1 fully saturated rings. The predicted octanol–water partition coefficient (Wildman–Crippen LogP) is 3.11. The molecule has 0 aromatic carbocycles. The maximum Gasteiger partial charge on any atom is 0.356 e. The molecule has 20 heavy (non-hydrogen) atoms. The molecule has 0 saturated heterocycles. The lowest BCUT2D eigenvalue weighted by Gasteiger charge is -2.34. The molecular weight excluding hydrogens is 274 g/mol. The van der Waals surface area contributed by atoms with Crippen molar-refractivity contribution in [2.45, 2.75) is 38.6 Å². The number of carboxylic acid groups (broad SMARTS) is 1. The lowest BCUT2D eigenvalue weighted by Crippen LogP contribution is -2.36. The van der Waals surface area contributed by atoms with Crippen LogP contribution in [-0.2, 0) is 0 Å². The van der Waals surface area contributed by atoms with Crippen molar-refractivity contribution in [3.63, 3.8) is 0 Å². The second-order valence-corrected chi connectivity index (χ2v) is 6.55. The molecule has 3 rings (SSSR count). The molecule has 1 aliphatic rings. The third kappa shape index (κ3) is 2.18. The number of thiazole rings is 1. The summed E-state index contributed by atoms with van der Waals surface area (Å²) in [6.07, 6.45) is 6.48. The quantitative estimate of drug-likeness (QED) is 0.944. The average Bonchev–Trinajstić information content (AvgIpc) is 2.96. The Bertz CT molecular complexity index is 633. The summed E-state index contributed by atoms with van der Waals surface area (Å²) in [6.45, 7) is 2.27. The highest BCUT2D eigenvalue weighted by Gasteiger charge is 2.28. The van der Waals surface area contributed by atoms with Crippen molar-refractivity contribution in [3.05, 3.63) is 17.3 Å². The number of carboxylic acids is 1. The summed E-state index contributed by atoms with van der Waals surface area (Å²) >= 11 is 1.47. The van der Waals surface area contributed by atoms with Crippen LogP contribution in [0.15, 0.2) is 11.6 Å². The summed E-state index contributed by atoms with van der Waals surface area (Å²) in [5, 5.41) is 11.3. The van der Waals surface area contributed by atoms with Gasteiger partial charge in [-0.3, -0.25) is 4.40 Å². The van der Waals surface area contributed by atoms with Gasteiger partial charge in [-0.1, -0.05) is 19.8 Å². The molecule has 1 saturated carbocycles. The van der Waals surface area contributed by atoms with Gasteiger partial charge in [0.05, 0.1) is 0 Å². The van der Waals surface area contributed by atoms with Gasteiger partial charge in [0.2, 0.25) is 0 Å². The number of nitrogens with zero attached hydrogens (tertiary/aromatic N) is 3. The SMILES string of the molecule is CC1CCCC(N(C)c2nc3sccn3c2C(=O)O)C1. The van der Waals surface area contributed by atoms with Gasteiger partial charge in [-0.05, 0) is 18.8 Å². The number of fused-ring (bicyclic) bond motifs is 1. The first-order valence-electron chi connectivity index (χ1n) is 6.99. The van der Waals surface area contributed by atoms with E-state index in [0.717, 1.165) is 17.8 Å². The topological polar surface area (TPSA) is 57.8 Å². The first kappa shape index (κ1) is 13.4. The highest BCUT2D eigenvalue weighted by atomic mass is 32.1. The molecule has 2 atom stereocenters. The molecule has 1 N–H and O–H groups in total. The molecule has 108 valence electrons. The van der Waals surface area contributed by atoms with Crippen LogP contribution in [0.5, 0.6) is 0 Å². The van der Waals surface area contributed by atoms with Gasteiger partial charge in [-0.2, -0.15) is 0 Å². The molecule has 2 aromatic rings. The zero-order chi connectivity index (χ0) is 14.3. The minimum absolute atomic E-state index is 0.280. The van der Waals surface area contributed by atoms with E-state index in [9.17, 15) is 9.90 Å². The number of carbonyl (C=O) groups is 1. The Morgan fingerprint density at radius 3 is 3.05 bits per heavy atom. The van der Waals surface area contributed by atoms with E-state index in [2.05, 4.69) is 16.8 Å². The Hall–Kier alpha value is -1.56. The Kier molecular flexibility index (Phi) is 3.41. The van der Waals surface area contributed by atoms with E-state index in [-0.39, 0.29) is 5.69 Å². The lowest BCUT2D eigenvalue weighted by molar-refractivity contribution is 0.0690. The minimum Gasteiger partial charge on any atom is -0.476 e. The van der Waals surface area contributed by atoms with Crippen molar-refractivity contribution in [3.8, 4) is 0 Å². The van der Waals surface area contributed by atoms with E-state index in [1.54, 1.807) is 10.6 Å². The monoisotopic (exact) mass is 293 g/mol. The molecule has 2 unspecified atom stereocenters. The molecule has 2 heterocycles. The van der Waals surface area contributed by atoms with Gasteiger partial charge in [-0.15, -0.1) is 11.3 Å². The van der Waals surface area contributed by atoms with Crippen LogP contribution in [0.1, 0.15) is 43.1 Å². The van der Waals surface area contributed by atoms with Crippen molar-refractivity contribution in [1.82, 2.24) is 9.38 Å². The van der Waals surface area contributed by atoms with Gasteiger partial charge < -0.3 is 10.0 Å². The number of hydrogen-bond acceptors (Lipinski definition) is 4. The number of hydrogen-bond donors (Lipinski definition) is 1. The van der Waals surface area contributed by atoms with Gasteiger partial charge in [0, 0.05) is 24.7 Å². The normalized spacial score (nSPS) is 23.1. The molecule has 0 spiro atoms. The Morgan fingerprint density at radius 2 is 2.35 bits per heavy atom. The van der Waals surface area contributed by atoms with Crippen LogP contribution < -0.4 is 4.90 Å². The molecular formula is C14H19N3O2S. The van der Waals surface area contributed by atoms with Crippen molar-refractivity contribution in [1.29, 1.82) is 0 Å². The fourth-order valence-corrected chi connectivity index (χ4v) is 3.85. The maximum absolute atomic E-state index is 11.6. The zero-order valence-electron chi connectivity index (χ0n) is 11.7. The predicted molar refractivity (Wildman–Crippen MR) is 79.9 cm³/mol. The van der Waals surface area contributed by atoms with E-state index in [1.165, 1.54) is 24.2 Å². The summed E-state index contributed by atoms with van der Waals surface area (Å²) in [5.41, 5.74) is 0.280. The van der Waals surface area contributed by atoms with Crippen molar-refractivity contribution in [2.75, 3.05) is 11.9 Å². The maximum atomic E-state index is 11.6. The molecule has 6 heteroatoms. The van der Waals surface area contributed by atoms with Crippen LogP contribution in [0.25, 0.3) is 4.96 Å². The third-order valence-electron chi connectivity index (χ3n) is 4.24. The van der Waals surface area contributed by atoms with Crippen molar-refractivity contribution < 1.29 is 9.90 Å². The van der Waals surface area contributed by atoms with Gasteiger partial charge in [-0.25, -0.2) is 9.78 Å². The average molecular weight is 293 g/mol. The van der Waals surface area contributed by atoms with E-state index in [4.69, 9.17) is 0 Å². The van der Waals surface area contributed by atoms with Crippen LogP contribution in [-0.4, -0.2) is 33.6 Å². The van der Waals surface area contributed by atoms with Gasteiger partial charge >= 0.3 is 5.97 Å². The van der Waals surface area contributed by atoms with E-state index in [1.807, 2.05) is 12.4 Å². The molecule has 0 aliphatic heterocycles. The number of rotatable bonds is 3. The highest BCUT2D eigenvalue weighted by molar-refractivity contribution is 7.15. The van der Waals surface area contributed by atoms with E-state index < -0.39 is 5.97 Å².